The number of anilines is 2. The largest absolute Gasteiger partial charge is 0.486 e. The van der Waals surface area contributed by atoms with E-state index in [1.807, 2.05) is 39.1 Å². The molecule has 0 aliphatic carbocycles. The highest BCUT2D eigenvalue weighted by Crippen LogP contribution is 2.45. The smallest absolute Gasteiger partial charge is 0.310 e. The quantitative estimate of drug-likeness (QED) is 0.701. The number of alkyl halides is 2. The Morgan fingerprint density at radius 2 is 2.00 bits per heavy atom. The number of hydrogen-bond acceptors (Lipinski definition) is 5. The van der Waals surface area contributed by atoms with Gasteiger partial charge < -0.3 is 15.4 Å². The van der Waals surface area contributed by atoms with Crippen LogP contribution in [0, 0.1) is 6.92 Å². The first-order valence-corrected chi connectivity index (χ1v) is 8.76. The first-order valence-electron chi connectivity index (χ1n) is 8.76. The topological polar surface area (TPSA) is 59.1 Å². The fourth-order valence-electron chi connectivity index (χ4n) is 3.38. The van der Waals surface area contributed by atoms with E-state index in [2.05, 4.69) is 20.6 Å². The lowest BCUT2D eigenvalue weighted by Crippen LogP contribution is -2.14. The van der Waals surface area contributed by atoms with Crippen LogP contribution in [0.3, 0.4) is 0 Å². The number of ether oxygens (including phenoxy) is 1. The fraction of sp³-hybridized carbons (Fsp3) is 0.300. The molecule has 2 N–H and O–H groups in total. The number of para-hydroxylation sites is 1. The third kappa shape index (κ3) is 3.03. The molecule has 0 saturated heterocycles. The van der Waals surface area contributed by atoms with Crippen molar-refractivity contribution in [2.45, 2.75) is 25.8 Å². The van der Waals surface area contributed by atoms with Crippen LogP contribution in [0.1, 0.15) is 29.9 Å². The van der Waals surface area contributed by atoms with Gasteiger partial charge in [-0.05, 0) is 38.1 Å². The summed E-state index contributed by atoms with van der Waals surface area (Å²) in [6.45, 7) is 3.11. The fourth-order valence-corrected chi connectivity index (χ4v) is 3.38. The number of benzene rings is 2. The standard InChI is InChI=1S/C20H20F2N4O/c1-11(14-5-4-6-16-18(14)27-10-20(16,21)22)24-19-15-9-13(23-3)7-8-17(15)25-12(2)26-19/h4-9,11,23H,10H2,1-3H3,(H,24,25,26)/t11-/m1/s1. The van der Waals surface area contributed by atoms with E-state index in [1.165, 1.54) is 6.07 Å². The Morgan fingerprint density at radius 3 is 2.78 bits per heavy atom. The molecule has 0 fully saturated rings. The van der Waals surface area contributed by atoms with Crippen LogP contribution in [-0.4, -0.2) is 23.6 Å². The molecule has 27 heavy (non-hydrogen) atoms. The molecule has 140 valence electrons. The van der Waals surface area contributed by atoms with Gasteiger partial charge in [0, 0.05) is 23.7 Å². The van der Waals surface area contributed by atoms with Crippen molar-refractivity contribution in [2.75, 3.05) is 24.3 Å². The minimum Gasteiger partial charge on any atom is -0.486 e. The number of aromatic nitrogens is 2. The molecule has 1 aliphatic rings. The van der Waals surface area contributed by atoms with Crippen LogP contribution in [0.2, 0.25) is 0 Å². The molecular formula is C20H20F2N4O. The van der Waals surface area contributed by atoms with Gasteiger partial charge in [-0.1, -0.05) is 12.1 Å². The maximum absolute atomic E-state index is 14.0. The van der Waals surface area contributed by atoms with E-state index in [9.17, 15) is 8.78 Å². The summed E-state index contributed by atoms with van der Waals surface area (Å²) in [7, 11) is 1.84. The molecule has 4 rings (SSSR count). The summed E-state index contributed by atoms with van der Waals surface area (Å²) in [5, 5.41) is 7.31. The maximum Gasteiger partial charge on any atom is 0.310 e. The van der Waals surface area contributed by atoms with Crippen molar-refractivity contribution < 1.29 is 13.5 Å². The van der Waals surface area contributed by atoms with Gasteiger partial charge in [0.15, 0.2) is 6.61 Å². The van der Waals surface area contributed by atoms with Crippen LogP contribution in [0.25, 0.3) is 10.9 Å². The number of rotatable bonds is 4. The maximum atomic E-state index is 14.0. The highest BCUT2D eigenvalue weighted by Gasteiger charge is 2.42. The molecule has 0 spiro atoms. The molecule has 2 aromatic carbocycles. The summed E-state index contributed by atoms with van der Waals surface area (Å²) in [5.74, 6) is -1.40. The van der Waals surface area contributed by atoms with Crippen molar-refractivity contribution in [3.63, 3.8) is 0 Å². The monoisotopic (exact) mass is 370 g/mol. The Morgan fingerprint density at radius 1 is 1.19 bits per heavy atom. The molecule has 0 amide bonds. The Kier molecular flexibility index (Phi) is 4.09. The lowest BCUT2D eigenvalue weighted by molar-refractivity contribution is -0.0214. The molecule has 0 radical (unpaired) electrons. The second kappa shape index (κ2) is 6.33. The predicted octanol–water partition coefficient (Wildman–Crippen LogP) is 4.64. The molecule has 2 heterocycles. The van der Waals surface area contributed by atoms with Crippen LogP contribution >= 0.6 is 0 Å². The summed E-state index contributed by atoms with van der Waals surface area (Å²) >= 11 is 0. The van der Waals surface area contributed by atoms with Gasteiger partial charge in [0.25, 0.3) is 0 Å². The van der Waals surface area contributed by atoms with Crippen molar-refractivity contribution in [2.24, 2.45) is 0 Å². The van der Waals surface area contributed by atoms with Gasteiger partial charge in [0.1, 0.15) is 17.4 Å². The lowest BCUT2D eigenvalue weighted by Gasteiger charge is -2.19. The molecule has 5 nitrogen and oxygen atoms in total. The second-order valence-corrected chi connectivity index (χ2v) is 6.68. The van der Waals surface area contributed by atoms with E-state index in [0.717, 1.165) is 16.6 Å². The molecule has 0 bridgehead atoms. The first-order chi connectivity index (χ1) is 12.9. The second-order valence-electron chi connectivity index (χ2n) is 6.68. The Labute approximate surface area is 155 Å². The molecule has 7 heteroatoms. The van der Waals surface area contributed by atoms with Crippen LogP contribution in [0.4, 0.5) is 20.3 Å². The number of nitrogens with one attached hydrogen (secondary N) is 2. The van der Waals surface area contributed by atoms with Gasteiger partial charge in [-0.25, -0.2) is 9.97 Å². The zero-order valence-electron chi connectivity index (χ0n) is 15.3. The molecule has 3 aromatic rings. The average molecular weight is 370 g/mol. The normalized spacial score (nSPS) is 15.9. The van der Waals surface area contributed by atoms with Gasteiger partial charge in [-0.3, -0.25) is 0 Å². The molecular weight excluding hydrogens is 350 g/mol. The van der Waals surface area contributed by atoms with Crippen molar-refractivity contribution in [1.82, 2.24) is 9.97 Å². The predicted molar refractivity (Wildman–Crippen MR) is 102 cm³/mol. The SMILES string of the molecule is CNc1ccc2nc(C)nc(N[C@H](C)c3cccc4c3OCC4(F)F)c2c1. The van der Waals surface area contributed by atoms with Gasteiger partial charge in [-0.2, -0.15) is 8.78 Å². The van der Waals surface area contributed by atoms with Gasteiger partial charge >= 0.3 is 5.92 Å². The van der Waals surface area contributed by atoms with E-state index in [4.69, 9.17) is 4.74 Å². The number of aryl methyl sites for hydroxylation is 1. The van der Waals surface area contributed by atoms with Gasteiger partial charge in [0.05, 0.1) is 17.1 Å². The van der Waals surface area contributed by atoms with Gasteiger partial charge in [-0.15, -0.1) is 0 Å². The summed E-state index contributed by atoms with van der Waals surface area (Å²) < 4.78 is 33.3. The minimum atomic E-state index is -2.95. The van der Waals surface area contributed by atoms with Crippen LogP contribution in [0.15, 0.2) is 36.4 Å². The highest BCUT2D eigenvalue weighted by atomic mass is 19.3. The third-order valence-electron chi connectivity index (χ3n) is 4.75. The Bertz CT molecular complexity index is 1020. The molecule has 0 saturated carbocycles. The van der Waals surface area contributed by atoms with E-state index < -0.39 is 12.5 Å². The van der Waals surface area contributed by atoms with E-state index in [1.54, 1.807) is 12.1 Å². The Balaban J connectivity index is 1.74. The molecule has 1 atom stereocenters. The van der Waals surface area contributed by atoms with Crippen molar-refractivity contribution in [1.29, 1.82) is 0 Å². The van der Waals surface area contributed by atoms with Crippen LogP contribution < -0.4 is 15.4 Å². The average Bonchev–Trinajstić information content (AvgIpc) is 2.96. The summed E-state index contributed by atoms with van der Waals surface area (Å²) in [4.78, 5) is 8.99. The molecule has 1 aliphatic heterocycles. The highest BCUT2D eigenvalue weighted by molar-refractivity contribution is 5.91. The van der Waals surface area contributed by atoms with Crippen molar-refractivity contribution >= 4 is 22.4 Å². The number of fused-ring (bicyclic) bond motifs is 2. The number of hydrogen-bond donors (Lipinski definition) is 2. The van der Waals surface area contributed by atoms with Crippen LogP contribution in [0.5, 0.6) is 5.75 Å². The summed E-state index contributed by atoms with van der Waals surface area (Å²) in [6.07, 6.45) is 0. The van der Waals surface area contributed by atoms with Gasteiger partial charge in [0.2, 0.25) is 0 Å². The van der Waals surface area contributed by atoms with E-state index in [-0.39, 0.29) is 17.4 Å². The Hall–Kier alpha value is -2.96. The van der Waals surface area contributed by atoms with Crippen molar-refractivity contribution in [3.8, 4) is 5.75 Å². The molecule has 1 aromatic heterocycles. The first kappa shape index (κ1) is 17.5. The third-order valence-corrected chi connectivity index (χ3v) is 4.75. The van der Waals surface area contributed by atoms with Crippen molar-refractivity contribution in [3.05, 3.63) is 53.3 Å². The minimum absolute atomic E-state index is 0.0603. The number of halogens is 2. The number of nitrogens with zero attached hydrogens (tertiary/aromatic N) is 2. The lowest BCUT2D eigenvalue weighted by atomic mass is 10.0. The summed E-state index contributed by atoms with van der Waals surface area (Å²) in [5.41, 5.74) is 2.38. The zero-order valence-corrected chi connectivity index (χ0v) is 15.3. The van der Waals surface area contributed by atoms with E-state index in [0.29, 0.717) is 17.2 Å². The van der Waals surface area contributed by atoms with E-state index >= 15 is 0 Å². The summed E-state index contributed by atoms with van der Waals surface area (Å²) in [6, 6.07) is 10.4. The molecule has 0 unspecified atom stereocenters. The van der Waals surface area contributed by atoms with Crippen LogP contribution in [-0.2, 0) is 5.92 Å². The zero-order chi connectivity index (χ0) is 19.2.